The molecule has 0 aliphatic rings. The molecule has 6 nitrogen and oxygen atoms in total. The molecule has 1 aromatic heterocycles. The molecule has 1 heterocycles. The summed E-state index contributed by atoms with van der Waals surface area (Å²) in [6.45, 7) is 13.0. The van der Waals surface area contributed by atoms with Crippen LogP contribution in [0.1, 0.15) is 48.7 Å². The summed E-state index contributed by atoms with van der Waals surface area (Å²) in [6, 6.07) is 3.60. The van der Waals surface area contributed by atoms with Crippen LogP contribution in [0.4, 0.5) is 0 Å². The molecule has 0 aliphatic heterocycles. The Morgan fingerprint density at radius 2 is 1.89 bits per heavy atom. The van der Waals surface area contributed by atoms with Gasteiger partial charge in [-0.25, -0.2) is 4.79 Å². The Morgan fingerprint density at radius 3 is 2.41 bits per heavy atom. The van der Waals surface area contributed by atoms with E-state index < -0.39 is 24.5 Å². The number of hydrogen-bond acceptors (Lipinski definition) is 7. The van der Waals surface area contributed by atoms with E-state index in [9.17, 15) is 13.2 Å². The lowest BCUT2D eigenvalue weighted by Gasteiger charge is -2.37. The fraction of sp³-hybridized carbons (Fsp3) is 0.722. The van der Waals surface area contributed by atoms with Crippen LogP contribution in [0.2, 0.25) is 18.1 Å². The third kappa shape index (κ3) is 8.43. The molecule has 27 heavy (non-hydrogen) atoms. The van der Waals surface area contributed by atoms with Gasteiger partial charge in [-0.15, -0.1) is 11.3 Å². The van der Waals surface area contributed by atoms with E-state index in [-0.39, 0.29) is 17.6 Å². The zero-order chi connectivity index (χ0) is 20.9. The Labute approximate surface area is 168 Å². The van der Waals surface area contributed by atoms with Crippen LogP contribution in [0.5, 0.6) is 0 Å². The van der Waals surface area contributed by atoms with Gasteiger partial charge in [0.15, 0.2) is 8.32 Å². The van der Waals surface area contributed by atoms with E-state index in [1.807, 2.05) is 6.07 Å². The fourth-order valence-corrected chi connectivity index (χ4v) is 4.65. The van der Waals surface area contributed by atoms with Crippen molar-refractivity contribution < 1.29 is 26.6 Å². The first kappa shape index (κ1) is 24.3. The summed E-state index contributed by atoms with van der Waals surface area (Å²) in [5, 5.41) is 0.0327. The van der Waals surface area contributed by atoms with E-state index in [0.29, 0.717) is 24.3 Å². The van der Waals surface area contributed by atoms with Crippen molar-refractivity contribution in [2.45, 2.75) is 64.8 Å². The van der Waals surface area contributed by atoms with Crippen molar-refractivity contribution in [2.75, 3.05) is 19.5 Å². The minimum absolute atomic E-state index is 0.0327. The second kappa shape index (κ2) is 9.64. The quantitative estimate of drug-likeness (QED) is 0.310. The lowest BCUT2D eigenvalue weighted by Crippen LogP contribution is -2.43. The van der Waals surface area contributed by atoms with E-state index >= 15 is 0 Å². The molecule has 0 aliphatic carbocycles. The summed E-state index contributed by atoms with van der Waals surface area (Å²) in [4.78, 5) is 13.3. The van der Waals surface area contributed by atoms with Gasteiger partial charge in [-0.3, -0.25) is 4.18 Å². The molecule has 0 fully saturated rings. The van der Waals surface area contributed by atoms with E-state index in [1.165, 1.54) is 11.3 Å². The van der Waals surface area contributed by atoms with Gasteiger partial charge < -0.3 is 9.16 Å². The predicted octanol–water partition coefficient (Wildman–Crippen LogP) is 4.22. The number of ether oxygens (including phenoxy) is 1. The molecule has 0 saturated carbocycles. The molecule has 0 saturated heterocycles. The summed E-state index contributed by atoms with van der Waals surface area (Å²) in [6.07, 6.45) is 1.59. The number of esters is 1. The molecule has 0 bridgehead atoms. The summed E-state index contributed by atoms with van der Waals surface area (Å²) >= 11 is 1.36. The van der Waals surface area contributed by atoms with Crippen LogP contribution >= 0.6 is 11.3 Å². The van der Waals surface area contributed by atoms with Crippen LogP contribution in [0.15, 0.2) is 12.1 Å². The normalized spacial score (nSPS) is 14.2. The van der Waals surface area contributed by atoms with E-state index in [1.54, 1.807) is 13.0 Å². The number of thiophene rings is 1. The average molecular weight is 437 g/mol. The molecule has 0 aromatic carbocycles. The van der Waals surface area contributed by atoms with E-state index in [2.05, 4.69) is 33.9 Å². The van der Waals surface area contributed by atoms with Gasteiger partial charge in [0.2, 0.25) is 0 Å². The first-order valence-corrected chi connectivity index (χ1v) is 14.6. The summed E-state index contributed by atoms with van der Waals surface area (Å²) in [7, 11) is -5.59. The minimum Gasteiger partial charge on any atom is -0.462 e. The lowest BCUT2D eigenvalue weighted by molar-refractivity contribution is 0.0532. The molecular weight excluding hydrogens is 404 g/mol. The van der Waals surface area contributed by atoms with Crippen LogP contribution in [0.25, 0.3) is 0 Å². The van der Waals surface area contributed by atoms with Gasteiger partial charge in [-0.1, -0.05) is 20.8 Å². The van der Waals surface area contributed by atoms with Gasteiger partial charge >= 0.3 is 5.97 Å². The molecule has 0 amide bonds. The van der Waals surface area contributed by atoms with Crippen LogP contribution < -0.4 is 0 Å². The predicted molar refractivity (Wildman–Crippen MR) is 111 cm³/mol. The van der Waals surface area contributed by atoms with Crippen LogP contribution in [0, 0.1) is 0 Å². The second-order valence-corrected chi connectivity index (χ2v) is 15.6. The highest BCUT2D eigenvalue weighted by molar-refractivity contribution is 7.86. The largest absolute Gasteiger partial charge is 0.462 e. The lowest BCUT2D eigenvalue weighted by atomic mass is 10.2. The van der Waals surface area contributed by atoms with Gasteiger partial charge in [0, 0.05) is 4.88 Å². The second-order valence-electron chi connectivity index (χ2n) is 8.02. The number of hydrogen-bond donors (Lipinski definition) is 0. The third-order valence-electron chi connectivity index (χ3n) is 4.60. The fourth-order valence-electron chi connectivity index (χ4n) is 2.05. The van der Waals surface area contributed by atoms with Crippen molar-refractivity contribution in [3.63, 3.8) is 0 Å². The van der Waals surface area contributed by atoms with Gasteiger partial charge in [0.25, 0.3) is 10.1 Å². The number of carbonyl (C=O) groups excluding carboxylic acids is 1. The van der Waals surface area contributed by atoms with Crippen molar-refractivity contribution in [2.24, 2.45) is 0 Å². The molecule has 1 aromatic rings. The molecule has 9 heteroatoms. The van der Waals surface area contributed by atoms with Crippen molar-refractivity contribution >= 4 is 35.7 Å². The molecule has 1 rings (SSSR count). The van der Waals surface area contributed by atoms with Gasteiger partial charge in [0.05, 0.1) is 25.6 Å². The van der Waals surface area contributed by atoms with Crippen LogP contribution in [-0.2, 0) is 29.9 Å². The van der Waals surface area contributed by atoms with Gasteiger partial charge in [-0.2, -0.15) is 8.42 Å². The van der Waals surface area contributed by atoms with E-state index in [4.69, 9.17) is 13.3 Å². The zero-order valence-corrected chi connectivity index (χ0v) is 20.0. The molecule has 0 N–H and O–H groups in total. The Bertz CT molecular complexity index is 718. The first-order valence-electron chi connectivity index (χ1n) is 9.03. The maximum atomic E-state index is 11.8. The number of rotatable bonds is 10. The molecule has 0 radical (unpaired) electrons. The van der Waals surface area contributed by atoms with E-state index in [0.717, 1.165) is 11.1 Å². The maximum Gasteiger partial charge on any atom is 0.348 e. The highest BCUT2D eigenvalue weighted by atomic mass is 32.2. The topological polar surface area (TPSA) is 78.9 Å². The number of aryl methyl sites for hydroxylation is 1. The standard InChI is InChI=1S/C18H32O6S2Si/c1-8-22-17(19)16-12-11-15(25-16)10-9-14(24-26(5,20)21)13-23-27(6,7)18(2,3)4/h11-12,14H,8-10,13H2,1-7H3/t14-/m0/s1. The van der Waals surface area contributed by atoms with Crippen molar-refractivity contribution in [1.29, 1.82) is 0 Å². The monoisotopic (exact) mass is 436 g/mol. The minimum atomic E-state index is -3.58. The Balaban J connectivity index is 2.74. The average Bonchev–Trinajstić information content (AvgIpc) is 2.97. The van der Waals surface area contributed by atoms with Crippen molar-refractivity contribution in [3.8, 4) is 0 Å². The first-order chi connectivity index (χ1) is 12.2. The van der Waals surface area contributed by atoms with Crippen molar-refractivity contribution in [1.82, 2.24) is 0 Å². The molecular formula is C18H32O6S2Si. The summed E-state index contributed by atoms with van der Waals surface area (Å²) in [5.74, 6) is -0.334. The zero-order valence-electron chi connectivity index (χ0n) is 17.3. The van der Waals surface area contributed by atoms with Gasteiger partial charge in [0.1, 0.15) is 4.88 Å². The molecule has 0 unspecified atom stereocenters. The SMILES string of the molecule is CCOC(=O)c1ccc(CC[C@@H](CO[Si](C)(C)C(C)(C)C)OS(C)(=O)=O)s1. The van der Waals surface area contributed by atoms with Gasteiger partial charge in [-0.05, 0) is 50.0 Å². The molecule has 1 atom stereocenters. The smallest absolute Gasteiger partial charge is 0.348 e. The Morgan fingerprint density at radius 1 is 1.26 bits per heavy atom. The highest BCUT2D eigenvalue weighted by Crippen LogP contribution is 2.36. The Hall–Kier alpha value is -0.743. The summed E-state index contributed by atoms with van der Waals surface area (Å²) < 4.78 is 39.6. The third-order valence-corrected chi connectivity index (χ3v) is 10.8. The van der Waals surface area contributed by atoms with Crippen LogP contribution in [-0.4, -0.2) is 48.3 Å². The molecule has 0 spiro atoms. The maximum absolute atomic E-state index is 11.8. The highest BCUT2D eigenvalue weighted by Gasteiger charge is 2.38. The molecule has 156 valence electrons. The van der Waals surface area contributed by atoms with Crippen molar-refractivity contribution in [3.05, 3.63) is 21.9 Å². The number of carbonyl (C=O) groups is 1. The summed E-state index contributed by atoms with van der Waals surface area (Å²) in [5.41, 5.74) is 0. The Kier molecular flexibility index (Phi) is 8.68. The van der Waals surface area contributed by atoms with Crippen LogP contribution in [0.3, 0.4) is 0 Å².